The fourth-order valence-corrected chi connectivity index (χ4v) is 3.09. The van der Waals surface area contributed by atoms with Crippen LogP contribution in [0, 0.1) is 0 Å². The van der Waals surface area contributed by atoms with E-state index in [0.717, 1.165) is 24.1 Å². The lowest BCUT2D eigenvalue weighted by molar-refractivity contribution is 0.353. The molecule has 0 aromatic heterocycles. The van der Waals surface area contributed by atoms with E-state index in [1.54, 1.807) is 14.2 Å². The smallest absolute Gasteiger partial charge is 0.181 e. The first kappa shape index (κ1) is 15.7. The number of rotatable bonds is 2. The van der Waals surface area contributed by atoms with Gasteiger partial charge in [0.05, 0.1) is 24.3 Å². The standard InChI is InChI=1S/C12H15Cl2NO2.ClH/c1-6-8-7(4-5-15-6)9(13)11(16-2)12(17-3)10(8)14;/h6,15H,4-5H2,1-3H3;1H. The number of benzene rings is 1. The monoisotopic (exact) mass is 311 g/mol. The van der Waals surface area contributed by atoms with Gasteiger partial charge in [0, 0.05) is 6.04 Å². The molecule has 0 fully saturated rings. The molecule has 0 saturated heterocycles. The summed E-state index contributed by atoms with van der Waals surface area (Å²) in [6.07, 6.45) is 0.846. The molecule has 1 unspecified atom stereocenters. The van der Waals surface area contributed by atoms with Crippen LogP contribution >= 0.6 is 35.6 Å². The number of nitrogens with one attached hydrogen (secondary N) is 1. The summed E-state index contributed by atoms with van der Waals surface area (Å²) in [5, 5.41) is 4.55. The van der Waals surface area contributed by atoms with Gasteiger partial charge in [-0.1, -0.05) is 23.2 Å². The Balaban J connectivity index is 0.00000162. The van der Waals surface area contributed by atoms with Crippen LogP contribution in [0.15, 0.2) is 0 Å². The SMILES string of the molecule is COc1c(Cl)c2c(c(Cl)c1OC)C(C)NCC2.Cl. The van der Waals surface area contributed by atoms with Crippen LogP contribution in [0.3, 0.4) is 0 Å². The van der Waals surface area contributed by atoms with Crippen LogP contribution in [-0.2, 0) is 6.42 Å². The van der Waals surface area contributed by atoms with Gasteiger partial charge in [-0.25, -0.2) is 0 Å². The summed E-state index contributed by atoms with van der Waals surface area (Å²) >= 11 is 12.7. The molecular formula is C12H16Cl3NO2. The Morgan fingerprint density at radius 1 is 1.11 bits per heavy atom. The van der Waals surface area contributed by atoms with E-state index in [1.807, 2.05) is 0 Å². The second-order valence-corrected chi connectivity index (χ2v) is 4.77. The van der Waals surface area contributed by atoms with E-state index in [1.165, 1.54) is 0 Å². The highest BCUT2D eigenvalue weighted by molar-refractivity contribution is 6.37. The van der Waals surface area contributed by atoms with Crippen molar-refractivity contribution < 1.29 is 9.47 Å². The molecule has 18 heavy (non-hydrogen) atoms. The highest BCUT2D eigenvalue weighted by atomic mass is 35.5. The lowest BCUT2D eigenvalue weighted by Crippen LogP contribution is -2.28. The number of ether oxygens (including phenoxy) is 2. The van der Waals surface area contributed by atoms with E-state index in [0.29, 0.717) is 21.5 Å². The van der Waals surface area contributed by atoms with Gasteiger partial charge in [-0.15, -0.1) is 12.4 Å². The average molecular weight is 313 g/mol. The third-order valence-electron chi connectivity index (χ3n) is 3.10. The molecule has 0 amide bonds. The highest BCUT2D eigenvalue weighted by Gasteiger charge is 2.28. The molecule has 0 spiro atoms. The predicted molar refractivity (Wildman–Crippen MR) is 76.9 cm³/mol. The molecule has 0 saturated carbocycles. The molecule has 3 nitrogen and oxygen atoms in total. The number of hydrogen-bond donors (Lipinski definition) is 1. The van der Waals surface area contributed by atoms with Gasteiger partial charge in [0.1, 0.15) is 0 Å². The molecule has 1 aromatic rings. The maximum absolute atomic E-state index is 6.37. The quantitative estimate of drug-likeness (QED) is 0.904. The molecule has 0 bridgehead atoms. The van der Waals surface area contributed by atoms with Crippen molar-refractivity contribution in [2.45, 2.75) is 19.4 Å². The summed E-state index contributed by atoms with van der Waals surface area (Å²) < 4.78 is 10.6. The Hall–Kier alpha value is -0.350. The van der Waals surface area contributed by atoms with E-state index in [-0.39, 0.29) is 18.4 Å². The van der Waals surface area contributed by atoms with Crippen molar-refractivity contribution in [1.82, 2.24) is 5.32 Å². The Bertz CT molecular complexity index is 452. The fraction of sp³-hybridized carbons (Fsp3) is 0.500. The van der Waals surface area contributed by atoms with Gasteiger partial charge in [0.15, 0.2) is 11.5 Å². The molecule has 1 heterocycles. The number of halogens is 3. The Morgan fingerprint density at radius 3 is 2.22 bits per heavy atom. The third-order valence-corrected chi connectivity index (χ3v) is 3.87. The topological polar surface area (TPSA) is 30.5 Å². The van der Waals surface area contributed by atoms with Gasteiger partial charge in [-0.2, -0.15) is 0 Å². The molecular weight excluding hydrogens is 296 g/mol. The Kier molecular flexibility index (Phi) is 5.41. The molecule has 0 radical (unpaired) electrons. The summed E-state index contributed by atoms with van der Waals surface area (Å²) in [7, 11) is 3.13. The Labute approximate surface area is 123 Å². The second-order valence-electron chi connectivity index (χ2n) is 4.01. The minimum Gasteiger partial charge on any atom is -0.491 e. The first-order valence-electron chi connectivity index (χ1n) is 5.46. The van der Waals surface area contributed by atoms with Gasteiger partial charge in [-0.05, 0) is 31.0 Å². The lowest BCUT2D eigenvalue weighted by Gasteiger charge is -2.28. The third kappa shape index (κ3) is 2.37. The van der Waals surface area contributed by atoms with Crippen molar-refractivity contribution in [3.8, 4) is 11.5 Å². The molecule has 1 aromatic carbocycles. The van der Waals surface area contributed by atoms with Crippen LogP contribution in [0.1, 0.15) is 24.1 Å². The van der Waals surface area contributed by atoms with Crippen molar-refractivity contribution in [2.24, 2.45) is 0 Å². The molecule has 1 aliphatic rings. The second kappa shape index (κ2) is 6.20. The minimum absolute atomic E-state index is 0. The van der Waals surface area contributed by atoms with Gasteiger partial charge in [0.25, 0.3) is 0 Å². The van der Waals surface area contributed by atoms with Crippen LogP contribution in [0.25, 0.3) is 0 Å². The van der Waals surface area contributed by atoms with E-state index < -0.39 is 0 Å². The van der Waals surface area contributed by atoms with Gasteiger partial charge in [-0.3, -0.25) is 0 Å². The largest absolute Gasteiger partial charge is 0.491 e. The first-order chi connectivity index (χ1) is 8.11. The van der Waals surface area contributed by atoms with Crippen LogP contribution < -0.4 is 14.8 Å². The molecule has 2 rings (SSSR count). The van der Waals surface area contributed by atoms with Crippen LogP contribution in [0.5, 0.6) is 11.5 Å². The summed E-state index contributed by atoms with van der Waals surface area (Å²) in [6, 6.07) is 0.170. The minimum atomic E-state index is 0. The molecule has 1 atom stereocenters. The summed E-state index contributed by atoms with van der Waals surface area (Å²) in [6.45, 7) is 2.95. The average Bonchev–Trinajstić information content (AvgIpc) is 2.33. The van der Waals surface area contributed by atoms with Gasteiger partial charge in [0.2, 0.25) is 0 Å². The van der Waals surface area contributed by atoms with Crippen molar-refractivity contribution in [2.75, 3.05) is 20.8 Å². The normalized spacial score (nSPS) is 17.7. The molecule has 0 aliphatic carbocycles. The van der Waals surface area contributed by atoms with Crippen LogP contribution in [0.2, 0.25) is 10.0 Å². The molecule has 1 N–H and O–H groups in total. The summed E-state index contributed by atoms with van der Waals surface area (Å²) in [4.78, 5) is 0. The molecule has 102 valence electrons. The van der Waals surface area contributed by atoms with E-state index in [9.17, 15) is 0 Å². The number of fused-ring (bicyclic) bond motifs is 1. The maximum atomic E-state index is 6.37. The van der Waals surface area contributed by atoms with Crippen molar-refractivity contribution in [3.05, 3.63) is 21.2 Å². The zero-order chi connectivity index (χ0) is 12.6. The fourth-order valence-electron chi connectivity index (χ4n) is 2.29. The first-order valence-corrected chi connectivity index (χ1v) is 6.22. The Morgan fingerprint density at radius 2 is 1.67 bits per heavy atom. The maximum Gasteiger partial charge on any atom is 0.181 e. The number of hydrogen-bond acceptors (Lipinski definition) is 3. The van der Waals surface area contributed by atoms with Crippen molar-refractivity contribution in [3.63, 3.8) is 0 Å². The zero-order valence-corrected chi connectivity index (χ0v) is 12.8. The molecule has 1 aliphatic heterocycles. The van der Waals surface area contributed by atoms with E-state index >= 15 is 0 Å². The summed E-state index contributed by atoms with van der Waals surface area (Å²) in [5.41, 5.74) is 2.07. The van der Waals surface area contributed by atoms with Crippen LogP contribution in [0.4, 0.5) is 0 Å². The highest BCUT2D eigenvalue weighted by Crippen LogP contribution is 2.48. The van der Waals surface area contributed by atoms with Crippen molar-refractivity contribution >= 4 is 35.6 Å². The predicted octanol–water partition coefficient (Wildman–Crippen LogP) is 3.64. The van der Waals surface area contributed by atoms with E-state index in [4.69, 9.17) is 32.7 Å². The summed E-state index contributed by atoms with van der Waals surface area (Å²) in [5.74, 6) is 1.03. The number of methoxy groups -OCH3 is 2. The molecule has 6 heteroatoms. The van der Waals surface area contributed by atoms with Gasteiger partial charge >= 0.3 is 0 Å². The zero-order valence-electron chi connectivity index (χ0n) is 10.5. The lowest BCUT2D eigenvalue weighted by atomic mass is 9.94. The van der Waals surface area contributed by atoms with Gasteiger partial charge < -0.3 is 14.8 Å². The van der Waals surface area contributed by atoms with E-state index in [2.05, 4.69) is 12.2 Å². The van der Waals surface area contributed by atoms with Crippen molar-refractivity contribution in [1.29, 1.82) is 0 Å². The van der Waals surface area contributed by atoms with Crippen LogP contribution in [-0.4, -0.2) is 20.8 Å².